The molecule has 2 aromatic rings. The Morgan fingerprint density at radius 2 is 1.22 bits per heavy atom. The van der Waals surface area contributed by atoms with E-state index < -0.39 is 5.83 Å². The maximum absolute atomic E-state index is 13.8. The second-order valence-corrected chi connectivity index (χ2v) is 4.21. The fraction of sp³-hybridized carbons (Fsp3) is 0. The average Bonchev–Trinajstić information content (AvgIpc) is 2.41. The first-order valence-corrected chi connectivity index (χ1v) is 5.98. The van der Waals surface area contributed by atoms with Gasteiger partial charge in [-0.05, 0) is 23.3 Å². The number of hydrogen-bond donors (Lipinski definition) is 0. The fourth-order valence-electron chi connectivity index (χ4n) is 1.53. The van der Waals surface area contributed by atoms with Crippen molar-refractivity contribution in [1.29, 1.82) is 0 Å². The molecule has 0 saturated heterocycles. The molecule has 0 aliphatic carbocycles. The van der Waals surface area contributed by atoms with Crippen LogP contribution in [0.25, 0.3) is 12.2 Å². The average molecular weight is 259 g/mol. The summed E-state index contributed by atoms with van der Waals surface area (Å²) in [6.45, 7) is 0. The molecule has 0 atom stereocenters. The summed E-state index contributed by atoms with van der Waals surface area (Å²) in [4.78, 5) is 0. The molecule has 0 bridgehead atoms. The minimum Gasteiger partial charge on any atom is -0.205 e. The zero-order valence-electron chi connectivity index (χ0n) is 9.68. The number of halogens is 2. The van der Waals surface area contributed by atoms with Crippen LogP contribution in [-0.4, -0.2) is 0 Å². The molecule has 18 heavy (non-hydrogen) atoms. The summed E-state index contributed by atoms with van der Waals surface area (Å²) in [5, 5.41) is 0.102. The highest BCUT2D eigenvalue weighted by Gasteiger charge is 2.01. The normalized spacial score (nSPS) is 12.6. The Bertz CT molecular complexity index is 503. The zero-order valence-corrected chi connectivity index (χ0v) is 10.4. The van der Waals surface area contributed by atoms with E-state index in [1.165, 1.54) is 6.08 Å². The van der Waals surface area contributed by atoms with Crippen molar-refractivity contribution in [2.75, 3.05) is 0 Å². The molecule has 0 nitrogen and oxygen atoms in total. The summed E-state index contributed by atoms with van der Waals surface area (Å²) >= 11 is 5.93. The molecule has 0 radical (unpaired) electrons. The van der Waals surface area contributed by atoms with E-state index in [1.807, 2.05) is 60.7 Å². The van der Waals surface area contributed by atoms with Gasteiger partial charge in [-0.2, -0.15) is 0 Å². The van der Waals surface area contributed by atoms with Gasteiger partial charge in [-0.15, -0.1) is 0 Å². The standard InChI is InChI=1S/C16H12ClF/c17-15(11-13-7-3-1-4-8-13)16(18)12-14-9-5-2-6-10-14/h1-12H. The highest BCUT2D eigenvalue weighted by atomic mass is 35.5. The third-order valence-corrected chi connectivity index (χ3v) is 2.70. The van der Waals surface area contributed by atoms with E-state index in [2.05, 4.69) is 0 Å². The van der Waals surface area contributed by atoms with E-state index in [9.17, 15) is 4.39 Å². The van der Waals surface area contributed by atoms with Crippen molar-refractivity contribution in [3.63, 3.8) is 0 Å². The maximum Gasteiger partial charge on any atom is 0.142 e. The van der Waals surface area contributed by atoms with E-state index in [-0.39, 0.29) is 5.03 Å². The Morgan fingerprint density at radius 3 is 1.72 bits per heavy atom. The van der Waals surface area contributed by atoms with Crippen LogP contribution in [-0.2, 0) is 0 Å². The fourth-order valence-corrected chi connectivity index (χ4v) is 1.71. The van der Waals surface area contributed by atoms with E-state index in [0.717, 1.165) is 11.1 Å². The third-order valence-electron chi connectivity index (χ3n) is 2.41. The lowest BCUT2D eigenvalue weighted by atomic mass is 10.2. The van der Waals surface area contributed by atoms with Gasteiger partial charge in [0.25, 0.3) is 0 Å². The van der Waals surface area contributed by atoms with Crippen molar-refractivity contribution in [2.24, 2.45) is 0 Å². The zero-order chi connectivity index (χ0) is 12.8. The minimum absolute atomic E-state index is 0.102. The molecule has 0 spiro atoms. The second-order valence-electron chi connectivity index (χ2n) is 3.81. The first-order valence-electron chi connectivity index (χ1n) is 5.60. The van der Waals surface area contributed by atoms with Crippen LogP contribution in [0.3, 0.4) is 0 Å². The van der Waals surface area contributed by atoms with Gasteiger partial charge in [0.1, 0.15) is 5.83 Å². The van der Waals surface area contributed by atoms with Crippen molar-refractivity contribution in [3.8, 4) is 0 Å². The summed E-state index contributed by atoms with van der Waals surface area (Å²) < 4.78 is 13.8. The number of benzene rings is 2. The Kier molecular flexibility index (Phi) is 4.32. The van der Waals surface area contributed by atoms with Gasteiger partial charge in [-0.3, -0.25) is 0 Å². The lowest BCUT2D eigenvalue weighted by Crippen LogP contribution is -1.78. The first kappa shape index (κ1) is 12.6. The van der Waals surface area contributed by atoms with E-state index >= 15 is 0 Å². The third kappa shape index (κ3) is 3.57. The highest BCUT2D eigenvalue weighted by Crippen LogP contribution is 2.22. The summed E-state index contributed by atoms with van der Waals surface area (Å²) in [5.41, 5.74) is 1.66. The van der Waals surface area contributed by atoms with Crippen LogP contribution in [0.15, 0.2) is 71.5 Å². The first-order chi connectivity index (χ1) is 8.75. The molecule has 0 fully saturated rings. The van der Waals surface area contributed by atoms with Crippen LogP contribution in [0, 0.1) is 0 Å². The van der Waals surface area contributed by atoms with Crippen LogP contribution >= 0.6 is 11.6 Å². The minimum atomic E-state index is -0.438. The molecule has 90 valence electrons. The van der Waals surface area contributed by atoms with E-state index in [0.29, 0.717) is 0 Å². The van der Waals surface area contributed by atoms with E-state index in [1.54, 1.807) is 6.08 Å². The molecule has 0 saturated carbocycles. The van der Waals surface area contributed by atoms with Crippen LogP contribution < -0.4 is 0 Å². The van der Waals surface area contributed by atoms with Crippen LogP contribution in [0.5, 0.6) is 0 Å². The Labute approximate surface area is 111 Å². The summed E-state index contributed by atoms with van der Waals surface area (Å²) in [6.07, 6.45) is 3.03. The molecular weight excluding hydrogens is 247 g/mol. The van der Waals surface area contributed by atoms with Gasteiger partial charge in [0.15, 0.2) is 0 Å². The summed E-state index contributed by atoms with van der Waals surface area (Å²) in [7, 11) is 0. The predicted octanol–water partition coefficient (Wildman–Crippen LogP) is 5.28. The number of allylic oxidation sites excluding steroid dienone is 2. The SMILES string of the molecule is FC(=Cc1ccccc1)C(Cl)=Cc1ccccc1. The van der Waals surface area contributed by atoms with Crippen LogP contribution in [0.1, 0.15) is 11.1 Å². The molecule has 0 aliphatic rings. The van der Waals surface area contributed by atoms with Crippen LogP contribution in [0.4, 0.5) is 4.39 Å². The lowest BCUT2D eigenvalue weighted by molar-refractivity contribution is 0.671. The second kappa shape index (κ2) is 6.18. The van der Waals surface area contributed by atoms with Crippen molar-refractivity contribution in [1.82, 2.24) is 0 Å². The quantitative estimate of drug-likeness (QED) is 0.658. The molecule has 0 unspecified atom stereocenters. The topological polar surface area (TPSA) is 0 Å². The van der Waals surface area contributed by atoms with Gasteiger partial charge in [0, 0.05) is 0 Å². The monoisotopic (exact) mass is 258 g/mol. The van der Waals surface area contributed by atoms with Gasteiger partial charge < -0.3 is 0 Å². The number of hydrogen-bond acceptors (Lipinski definition) is 0. The van der Waals surface area contributed by atoms with E-state index in [4.69, 9.17) is 11.6 Å². The maximum atomic E-state index is 13.8. The molecule has 0 aliphatic heterocycles. The van der Waals surface area contributed by atoms with Crippen molar-refractivity contribution < 1.29 is 4.39 Å². The molecule has 0 heterocycles. The van der Waals surface area contributed by atoms with Gasteiger partial charge >= 0.3 is 0 Å². The molecule has 0 amide bonds. The van der Waals surface area contributed by atoms with Gasteiger partial charge in [-0.25, -0.2) is 4.39 Å². The molecule has 2 heteroatoms. The Hall–Kier alpha value is -1.86. The highest BCUT2D eigenvalue weighted by molar-refractivity contribution is 6.34. The molecule has 0 N–H and O–H groups in total. The number of rotatable bonds is 3. The predicted molar refractivity (Wildman–Crippen MR) is 75.8 cm³/mol. The van der Waals surface area contributed by atoms with Gasteiger partial charge in [0.05, 0.1) is 5.03 Å². The molecule has 0 aromatic heterocycles. The Balaban J connectivity index is 2.21. The lowest BCUT2D eigenvalue weighted by Gasteiger charge is -1.97. The van der Waals surface area contributed by atoms with Crippen molar-refractivity contribution in [2.45, 2.75) is 0 Å². The molecular formula is C16H12ClF. The van der Waals surface area contributed by atoms with Crippen molar-refractivity contribution >= 4 is 23.8 Å². The Morgan fingerprint density at radius 1 is 0.778 bits per heavy atom. The van der Waals surface area contributed by atoms with Crippen LogP contribution in [0.2, 0.25) is 0 Å². The van der Waals surface area contributed by atoms with Gasteiger partial charge in [0.2, 0.25) is 0 Å². The summed E-state index contributed by atoms with van der Waals surface area (Å²) in [5.74, 6) is -0.438. The summed E-state index contributed by atoms with van der Waals surface area (Å²) in [6, 6.07) is 18.7. The van der Waals surface area contributed by atoms with Crippen molar-refractivity contribution in [3.05, 3.63) is 82.6 Å². The smallest absolute Gasteiger partial charge is 0.142 e. The molecule has 2 rings (SSSR count). The molecule has 2 aromatic carbocycles. The largest absolute Gasteiger partial charge is 0.205 e. The van der Waals surface area contributed by atoms with Gasteiger partial charge in [-0.1, -0.05) is 72.3 Å².